The fourth-order valence-corrected chi connectivity index (χ4v) is 4.16. The third-order valence-electron chi connectivity index (χ3n) is 4.97. The molecule has 0 spiro atoms. The Kier molecular flexibility index (Phi) is 5.96. The average Bonchev–Trinajstić information content (AvgIpc) is 3.03. The van der Waals surface area contributed by atoms with E-state index in [1.807, 2.05) is 24.3 Å². The van der Waals surface area contributed by atoms with Gasteiger partial charge in [0.25, 0.3) is 0 Å². The highest BCUT2D eigenvalue weighted by Crippen LogP contribution is 2.32. The highest BCUT2D eigenvalue weighted by molar-refractivity contribution is 9.10. The molecule has 3 rings (SSSR count). The van der Waals surface area contributed by atoms with Gasteiger partial charge in [-0.05, 0) is 47.8 Å². The number of anilines is 1. The van der Waals surface area contributed by atoms with Gasteiger partial charge >= 0.3 is 5.97 Å². The van der Waals surface area contributed by atoms with Crippen LogP contribution in [0.3, 0.4) is 0 Å². The number of piperidine rings is 1. The number of amides is 2. The normalized spacial score (nSPS) is 23.2. The fourth-order valence-electron chi connectivity index (χ4n) is 3.66. The van der Waals surface area contributed by atoms with E-state index in [0.29, 0.717) is 26.2 Å². The van der Waals surface area contributed by atoms with Gasteiger partial charge in [-0.1, -0.05) is 12.1 Å². The smallest absolute Gasteiger partial charge is 0.310 e. The molecule has 2 heterocycles. The topological polar surface area (TPSA) is 66.9 Å². The Labute approximate surface area is 161 Å². The molecule has 0 saturated carbocycles. The highest BCUT2D eigenvalue weighted by Gasteiger charge is 2.39. The van der Waals surface area contributed by atoms with Crippen molar-refractivity contribution in [1.82, 2.24) is 4.90 Å². The Balaban J connectivity index is 1.66. The molecule has 1 aromatic rings. The minimum Gasteiger partial charge on any atom is -0.466 e. The monoisotopic (exact) mass is 422 g/mol. The van der Waals surface area contributed by atoms with Gasteiger partial charge in [0.15, 0.2) is 0 Å². The lowest BCUT2D eigenvalue weighted by molar-refractivity contribution is -0.152. The third kappa shape index (κ3) is 3.92. The van der Waals surface area contributed by atoms with Gasteiger partial charge in [-0.25, -0.2) is 0 Å². The number of halogens is 1. The van der Waals surface area contributed by atoms with E-state index in [2.05, 4.69) is 15.9 Å². The summed E-state index contributed by atoms with van der Waals surface area (Å²) in [6.45, 7) is 3.53. The molecule has 7 heteroatoms. The Hall–Kier alpha value is -1.89. The number of nitrogens with zero attached hydrogens (tertiary/aromatic N) is 2. The van der Waals surface area contributed by atoms with Crippen molar-refractivity contribution >= 4 is 39.4 Å². The Morgan fingerprint density at radius 2 is 2.00 bits per heavy atom. The van der Waals surface area contributed by atoms with Gasteiger partial charge in [-0.15, -0.1) is 0 Å². The first kappa shape index (κ1) is 18.9. The van der Waals surface area contributed by atoms with Gasteiger partial charge in [0.2, 0.25) is 11.8 Å². The van der Waals surface area contributed by atoms with E-state index in [1.54, 1.807) is 16.7 Å². The number of esters is 1. The van der Waals surface area contributed by atoms with Crippen molar-refractivity contribution in [3.63, 3.8) is 0 Å². The molecule has 1 aromatic carbocycles. The van der Waals surface area contributed by atoms with Crippen molar-refractivity contribution in [3.05, 3.63) is 28.7 Å². The van der Waals surface area contributed by atoms with Crippen molar-refractivity contribution in [3.8, 4) is 0 Å². The summed E-state index contributed by atoms with van der Waals surface area (Å²) in [5, 5.41) is 0. The summed E-state index contributed by atoms with van der Waals surface area (Å²) >= 11 is 3.47. The lowest BCUT2D eigenvalue weighted by atomic mass is 9.96. The van der Waals surface area contributed by atoms with E-state index in [-0.39, 0.29) is 36.0 Å². The largest absolute Gasteiger partial charge is 0.466 e. The lowest BCUT2D eigenvalue weighted by Crippen LogP contribution is -2.45. The van der Waals surface area contributed by atoms with E-state index in [9.17, 15) is 14.4 Å². The van der Waals surface area contributed by atoms with Crippen molar-refractivity contribution in [2.75, 3.05) is 31.1 Å². The second kappa shape index (κ2) is 8.20. The fraction of sp³-hybridized carbons (Fsp3) is 0.526. The predicted octanol–water partition coefficient (Wildman–Crippen LogP) is 2.60. The van der Waals surface area contributed by atoms with Crippen LogP contribution in [0.25, 0.3) is 0 Å². The van der Waals surface area contributed by atoms with Crippen molar-refractivity contribution in [2.24, 2.45) is 11.8 Å². The molecule has 6 nitrogen and oxygen atoms in total. The first-order chi connectivity index (χ1) is 12.5. The molecular weight excluding hydrogens is 400 g/mol. The van der Waals surface area contributed by atoms with Crippen LogP contribution in [0.4, 0.5) is 5.69 Å². The number of likely N-dealkylation sites (tertiary alicyclic amines) is 1. The van der Waals surface area contributed by atoms with Crippen LogP contribution in [0.2, 0.25) is 0 Å². The SMILES string of the molecule is CCOC(=O)C1CCCN(C(=O)C2CC(=O)N(c3ccccc3Br)C2)C1. The standard InChI is InChI=1S/C19H23BrN2O4/c1-2-26-19(25)13-6-5-9-21(11-13)18(24)14-10-17(23)22(12-14)16-8-4-3-7-15(16)20/h3-4,7-8,13-14H,2,5-6,9-12H2,1H3. The molecule has 2 unspecified atom stereocenters. The Morgan fingerprint density at radius 1 is 1.23 bits per heavy atom. The number of hydrogen-bond donors (Lipinski definition) is 0. The quantitative estimate of drug-likeness (QED) is 0.699. The summed E-state index contributed by atoms with van der Waals surface area (Å²) in [6.07, 6.45) is 1.74. The second-order valence-electron chi connectivity index (χ2n) is 6.73. The molecule has 26 heavy (non-hydrogen) atoms. The van der Waals surface area contributed by atoms with Gasteiger partial charge in [-0.2, -0.15) is 0 Å². The molecule has 2 aliphatic rings. The van der Waals surface area contributed by atoms with Gasteiger partial charge in [0, 0.05) is 30.5 Å². The third-order valence-corrected chi connectivity index (χ3v) is 5.64. The highest BCUT2D eigenvalue weighted by atomic mass is 79.9. The summed E-state index contributed by atoms with van der Waals surface area (Å²) < 4.78 is 5.93. The molecule has 0 N–H and O–H groups in total. The maximum atomic E-state index is 12.9. The Morgan fingerprint density at radius 3 is 2.73 bits per heavy atom. The van der Waals surface area contributed by atoms with Gasteiger partial charge in [-0.3, -0.25) is 14.4 Å². The van der Waals surface area contributed by atoms with E-state index in [4.69, 9.17) is 4.74 Å². The first-order valence-electron chi connectivity index (χ1n) is 9.01. The lowest BCUT2D eigenvalue weighted by Gasteiger charge is -2.33. The van der Waals surface area contributed by atoms with Crippen molar-refractivity contribution in [2.45, 2.75) is 26.2 Å². The molecule has 0 radical (unpaired) electrons. The summed E-state index contributed by atoms with van der Waals surface area (Å²) in [5.41, 5.74) is 0.788. The number of benzene rings is 1. The van der Waals surface area contributed by atoms with Crippen LogP contribution >= 0.6 is 15.9 Å². The zero-order valence-electron chi connectivity index (χ0n) is 14.8. The number of carbonyl (C=O) groups is 3. The number of rotatable bonds is 4. The van der Waals surface area contributed by atoms with Crippen LogP contribution in [0, 0.1) is 11.8 Å². The molecule has 140 valence electrons. The van der Waals surface area contributed by atoms with E-state index >= 15 is 0 Å². The maximum absolute atomic E-state index is 12.9. The molecule has 2 amide bonds. The van der Waals surface area contributed by atoms with Crippen molar-refractivity contribution < 1.29 is 19.1 Å². The van der Waals surface area contributed by atoms with Crippen LogP contribution in [0.15, 0.2) is 28.7 Å². The molecule has 0 bridgehead atoms. The zero-order chi connectivity index (χ0) is 18.7. The molecular formula is C19H23BrN2O4. The van der Waals surface area contributed by atoms with E-state index in [1.165, 1.54) is 0 Å². The average molecular weight is 423 g/mol. The van der Waals surface area contributed by atoms with E-state index < -0.39 is 0 Å². The number of carbonyl (C=O) groups excluding carboxylic acids is 3. The van der Waals surface area contributed by atoms with Crippen LogP contribution in [-0.2, 0) is 19.1 Å². The molecule has 0 aliphatic carbocycles. The zero-order valence-corrected chi connectivity index (χ0v) is 16.4. The minimum absolute atomic E-state index is 0.0399. The predicted molar refractivity (Wildman–Crippen MR) is 101 cm³/mol. The Bertz CT molecular complexity index is 709. The molecule has 0 aromatic heterocycles. The van der Waals surface area contributed by atoms with Gasteiger partial charge in [0.1, 0.15) is 0 Å². The van der Waals surface area contributed by atoms with Crippen LogP contribution < -0.4 is 4.90 Å². The van der Waals surface area contributed by atoms with Crippen molar-refractivity contribution in [1.29, 1.82) is 0 Å². The van der Waals surface area contributed by atoms with Gasteiger partial charge in [0.05, 0.1) is 24.1 Å². The van der Waals surface area contributed by atoms with E-state index in [0.717, 1.165) is 23.0 Å². The molecule has 2 fully saturated rings. The molecule has 2 atom stereocenters. The molecule has 2 aliphatic heterocycles. The van der Waals surface area contributed by atoms with Gasteiger partial charge < -0.3 is 14.5 Å². The summed E-state index contributed by atoms with van der Waals surface area (Å²) in [7, 11) is 0. The maximum Gasteiger partial charge on any atom is 0.310 e. The number of para-hydroxylation sites is 1. The summed E-state index contributed by atoms with van der Waals surface area (Å²) in [4.78, 5) is 40.7. The minimum atomic E-state index is -0.365. The first-order valence-corrected chi connectivity index (χ1v) is 9.81. The molecule has 2 saturated heterocycles. The van der Waals surface area contributed by atoms with Crippen LogP contribution in [0.1, 0.15) is 26.2 Å². The number of hydrogen-bond acceptors (Lipinski definition) is 4. The number of ether oxygens (including phenoxy) is 1. The summed E-state index contributed by atoms with van der Waals surface area (Å²) in [5.74, 6) is -0.946. The summed E-state index contributed by atoms with van der Waals surface area (Å²) in [6, 6.07) is 7.51. The second-order valence-corrected chi connectivity index (χ2v) is 7.59. The van der Waals surface area contributed by atoms with Crippen LogP contribution in [-0.4, -0.2) is 48.9 Å². The van der Waals surface area contributed by atoms with Crippen LogP contribution in [0.5, 0.6) is 0 Å².